The van der Waals surface area contributed by atoms with E-state index >= 15 is 0 Å². The molecule has 0 aromatic carbocycles. The van der Waals surface area contributed by atoms with E-state index in [0.717, 1.165) is 25.7 Å². The van der Waals surface area contributed by atoms with Crippen LogP contribution in [0.3, 0.4) is 0 Å². The monoisotopic (exact) mass is 289 g/mol. The van der Waals surface area contributed by atoms with Crippen LogP contribution in [0.4, 0.5) is 0 Å². The lowest BCUT2D eigenvalue weighted by Crippen LogP contribution is -2.36. The Balaban J connectivity index is 1.87. The molecule has 6 heteroatoms. The molecular weight excluding hydrogens is 270 g/mol. The second kappa shape index (κ2) is 6.14. The minimum atomic E-state index is -3.44. The van der Waals surface area contributed by atoms with Crippen LogP contribution in [-0.2, 0) is 10.0 Å². The Hall–Kier alpha value is -0.430. The highest BCUT2D eigenvalue weighted by atomic mass is 32.2. The zero-order valence-electron chi connectivity index (χ0n) is 10.2. The highest BCUT2D eigenvalue weighted by Gasteiger charge is 2.24. The molecule has 1 aliphatic rings. The second-order valence-corrected chi connectivity index (χ2v) is 7.69. The van der Waals surface area contributed by atoms with Crippen molar-refractivity contribution in [3.8, 4) is 0 Å². The van der Waals surface area contributed by atoms with Gasteiger partial charge in [0.25, 0.3) is 0 Å². The maximum atomic E-state index is 11.9. The minimum Gasteiger partial charge on any atom is -0.391 e. The number of rotatable bonds is 5. The summed E-state index contributed by atoms with van der Waals surface area (Å²) in [5.41, 5.74) is 0. The summed E-state index contributed by atoms with van der Waals surface area (Å²) in [6.45, 7) is 0.116. The Labute approximate surface area is 112 Å². The van der Waals surface area contributed by atoms with E-state index in [1.807, 2.05) is 0 Å². The van der Waals surface area contributed by atoms with Crippen LogP contribution in [0.25, 0.3) is 0 Å². The predicted molar refractivity (Wildman–Crippen MR) is 72.1 cm³/mol. The van der Waals surface area contributed by atoms with E-state index in [4.69, 9.17) is 0 Å². The summed E-state index contributed by atoms with van der Waals surface area (Å²) < 4.78 is 26.5. The minimum absolute atomic E-state index is 0.116. The van der Waals surface area contributed by atoms with Crippen molar-refractivity contribution in [3.05, 3.63) is 17.5 Å². The van der Waals surface area contributed by atoms with Crippen molar-refractivity contribution < 1.29 is 13.5 Å². The molecule has 0 spiro atoms. The molecule has 2 N–H and O–H groups in total. The van der Waals surface area contributed by atoms with E-state index in [9.17, 15) is 13.5 Å². The smallest absolute Gasteiger partial charge is 0.250 e. The fourth-order valence-corrected chi connectivity index (χ4v) is 4.46. The molecule has 1 heterocycles. The van der Waals surface area contributed by atoms with Gasteiger partial charge in [-0.15, -0.1) is 11.3 Å². The van der Waals surface area contributed by atoms with Crippen LogP contribution in [0.5, 0.6) is 0 Å². The standard InChI is InChI=1S/C12H19NO3S2/c14-11(10-5-2-1-3-6-10)9-13-18(15,16)12-7-4-8-17-12/h4,7-8,10-11,13-14H,1-3,5-6,9H2/t11-/m0/s1. The summed E-state index contributed by atoms with van der Waals surface area (Å²) in [4.78, 5) is 0. The number of nitrogens with one attached hydrogen (secondary N) is 1. The van der Waals surface area contributed by atoms with Crippen molar-refractivity contribution >= 4 is 21.4 Å². The van der Waals surface area contributed by atoms with Gasteiger partial charge in [0.15, 0.2) is 0 Å². The van der Waals surface area contributed by atoms with Crippen molar-refractivity contribution in [2.75, 3.05) is 6.54 Å². The number of aliphatic hydroxyl groups is 1. The first-order valence-corrected chi connectivity index (χ1v) is 8.67. The van der Waals surface area contributed by atoms with Gasteiger partial charge in [0, 0.05) is 6.54 Å². The van der Waals surface area contributed by atoms with Crippen LogP contribution in [0.2, 0.25) is 0 Å². The molecule has 2 rings (SSSR count). The number of thiophene rings is 1. The molecule has 1 atom stereocenters. The largest absolute Gasteiger partial charge is 0.391 e. The average Bonchev–Trinajstić information content (AvgIpc) is 2.92. The molecule has 102 valence electrons. The lowest BCUT2D eigenvalue weighted by molar-refractivity contribution is 0.0888. The van der Waals surface area contributed by atoms with Gasteiger partial charge in [-0.25, -0.2) is 13.1 Å². The molecule has 1 aromatic heterocycles. The van der Waals surface area contributed by atoms with E-state index in [0.29, 0.717) is 4.21 Å². The van der Waals surface area contributed by atoms with E-state index in [1.54, 1.807) is 17.5 Å². The second-order valence-electron chi connectivity index (χ2n) is 4.75. The Morgan fingerprint density at radius 1 is 1.39 bits per heavy atom. The highest BCUT2D eigenvalue weighted by molar-refractivity contribution is 7.91. The van der Waals surface area contributed by atoms with Crippen molar-refractivity contribution in [2.45, 2.75) is 42.4 Å². The summed E-state index contributed by atoms with van der Waals surface area (Å²) in [6.07, 6.45) is 4.94. The fourth-order valence-electron chi connectivity index (χ4n) is 2.37. The lowest BCUT2D eigenvalue weighted by atomic mass is 9.85. The van der Waals surface area contributed by atoms with E-state index in [2.05, 4.69) is 4.72 Å². The van der Waals surface area contributed by atoms with Gasteiger partial charge in [-0.05, 0) is 30.2 Å². The zero-order chi connectivity index (χ0) is 13.0. The molecule has 1 aliphatic carbocycles. The van der Waals surface area contributed by atoms with Gasteiger partial charge in [0.1, 0.15) is 4.21 Å². The SMILES string of the molecule is O=S(=O)(NC[C@H](O)C1CCCCC1)c1cccs1. The molecule has 1 fully saturated rings. The van der Waals surface area contributed by atoms with Gasteiger partial charge >= 0.3 is 0 Å². The summed E-state index contributed by atoms with van der Waals surface area (Å²) in [5, 5.41) is 11.7. The van der Waals surface area contributed by atoms with Crippen molar-refractivity contribution in [3.63, 3.8) is 0 Å². The fraction of sp³-hybridized carbons (Fsp3) is 0.667. The van der Waals surface area contributed by atoms with Crippen molar-refractivity contribution in [1.82, 2.24) is 4.72 Å². The van der Waals surface area contributed by atoms with Crippen molar-refractivity contribution in [2.24, 2.45) is 5.92 Å². The quantitative estimate of drug-likeness (QED) is 0.871. The maximum Gasteiger partial charge on any atom is 0.250 e. The van der Waals surface area contributed by atoms with Gasteiger partial charge in [0.05, 0.1) is 6.10 Å². The third kappa shape index (κ3) is 3.54. The Kier molecular flexibility index (Phi) is 4.77. The van der Waals surface area contributed by atoms with Gasteiger partial charge in [-0.3, -0.25) is 0 Å². The van der Waals surface area contributed by atoms with Gasteiger partial charge in [0.2, 0.25) is 10.0 Å². The third-order valence-electron chi connectivity index (χ3n) is 3.44. The Bertz CT molecular complexity index is 450. The maximum absolute atomic E-state index is 11.9. The van der Waals surface area contributed by atoms with Crippen LogP contribution in [0.15, 0.2) is 21.7 Å². The van der Waals surface area contributed by atoms with Crippen LogP contribution in [0, 0.1) is 5.92 Å². The van der Waals surface area contributed by atoms with Gasteiger partial charge < -0.3 is 5.11 Å². The Morgan fingerprint density at radius 2 is 2.11 bits per heavy atom. The highest BCUT2D eigenvalue weighted by Crippen LogP contribution is 2.26. The van der Waals surface area contributed by atoms with Gasteiger partial charge in [-0.1, -0.05) is 25.3 Å². The number of aliphatic hydroxyl groups excluding tert-OH is 1. The molecule has 0 unspecified atom stereocenters. The van der Waals surface area contributed by atoms with Crippen LogP contribution >= 0.6 is 11.3 Å². The number of sulfonamides is 1. The van der Waals surface area contributed by atoms with Gasteiger partial charge in [-0.2, -0.15) is 0 Å². The van der Waals surface area contributed by atoms with Crippen LogP contribution in [-0.4, -0.2) is 26.2 Å². The molecule has 0 saturated heterocycles. The predicted octanol–water partition coefficient (Wildman–Crippen LogP) is 1.97. The topological polar surface area (TPSA) is 66.4 Å². The number of hydrogen-bond acceptors (Lipinski definition) is 4. The van der Waals surface area contributed by atoms with Crippen molar-refractivity contribution in [1.29, 1.82) is 0 Å². The molecule has 0 bridgehead atoms. The zero-order valence-corrected chi connectivity index (χ0v) is 11.8. The van der Waals surface area contributed by atoms with Crippen LogP contribution < -0.4 is 4.72 Å². The summed E-state index contributed by atoms with van der Waals surface area (Å²) in [5.74, 6) is 0.241. The third-order valence-corrected chi connectivity index (χ3v) is 6.26. The average molecular weight is 289 g/mol. The first-order chi connectivity index (χ1) is 8.59. The summed E-state index contributed by atoms with van der Waals surface area (Å²) >= 11 is 1.19. The first-order valence-electron chi connectivity index (χ1n) is 6.31. The molecule has 0 radical (unpaired) electrons. The van der Waals surface area contributed by atoms with E-state index in [1.165, 1.54) is 17.8 Å². The molecule has 1 aromatic rings. The summed E-state index contributed by atoms with van der Waals surface area (Å²) in [7, 11) is -3.44. The molecule has 4 nitrogen and oxygen atoms in total. The van der Waals surface area contributed by atoms with E-state index in [-0.39, 0.29) is 12.5 Å². The molecule has 1 saturated carbocycles. The van der Waals surface area contributed by atoms with Crippen LogP contribution in [0.1, 0.15) is 32.1 Å². The summed E-state index contributed by atoms with van der Waals surface area (Å²) in [6, 6.07) is 3.27. The first kappa shape index (κ1) is 14.0. The number of hydrogen-bond donors (Lipinski definition) is 2. The Morgan fingerprint density at radius 3 is 2.72 bits per heavy atom. The lowest BCUT2D eigenvalue weighted by Gasteiger charge is -2.26. The molecule has 18 heavy (non-hydrogen) atoms. The van der Waals surface area contributed by atoms with E-state index < -0.39 is 16.1 Å². The molecule has 0 aliphatic heterocycles. The molecular formula is C12H19NO3S2. The molecule has 0 amide bonds. The normalized spacial score (nSPS) is 19.8.